The van der Waals surface area contributed by atoms with Crippen LogP contribution in [-0.4, -0.2) is 47.5 Å². The lowest BCUT2D eigenvalue weighted by Crippen LogP contribution is -2.54. The van der Waals surface area contributed by atoms with Gasteiger partial charge in [0.15, 0.2) is 0 Å². The Bertz CT molecular complexity index is 1280. The lowest BCUT2D eigenvalue weighted by atomic mass is 9.78. The standard InChI is InChI=1S/C26H27ClFN5O2/c1-35-23-13-21-18(25(30-16-29-21)31-17-6-7-20(28)19(27)11-17)12-22(23)32-24(34)5-4-10-33-14-26(15-33)8-2-3-9-26/h4-7,11-13,16H,2-3,8-10,14-15H2,1H3,(H,32,34)(H,29,30,31). The van der Waals surface area contributed by atoms with Gasteiger partial charge in [0.1, 0.15) is 23.7 Å². The Balaban J connectivity index is 1.30. The summed E-state index contributed by atoms with van der Waals surface area (Å²) >= 11 is 5.90. The Morgan fingerprint density at radius 3 is 2.77 bits per heavy atom. The predicted octanol–water partition coefficient (Wildman–Crippen LogP) is 5.55. The van der Waals surface area contributed by atoms with Crippen molar-refractivity contribution in [3.8, 4) is 5.75 Å². The average molecular weight is 496 g/mol. The molecule has 2 heterocycles. The van der Waals surface area contributed by atoms with Gasteiger partial charge in [0.2, 0.25) is 5.91 Å². The second kappa shape index (κ2) is 9.79. The van der Waals surface area contributed by atoms with Crippen LogP contribution in [0, 0.1) is 11.2 Å². The van der Waals surface area contributed by atoms with E-state index in [1.54, 1.807) is 24.3 Å². The summed E-state index contributed by atoms with van der Waals surface area (Å²) in [5, 5.41) is 6.70. The van der Waals surface area contributed by atoms with Gasteiger partial charge in [-0.25, -0.2) is 14.4 Å². The van der Waals surface area contributed by atoms with Crippen molar-refractivity contribution in [1.29, 1.82) is 0 Å². The highest BCUT2D eigenvalue weighted by atomic mass is 35.5. The monoisotopic (exact) mass is 495 g/mol. The zero-order valence-corrected chi connectivity index (χ0v) is 20.2. The molecule has 1 aliphatic carbocycles. The SMILES string of the molecule is COc1cc2ncnc(Nc3ccc(F)c(Cl)c3)c2cc1NC(=O)C=CCN1CC2(CCCC2)C1. The second-order valence-corrected chi connectivity index (χ2v) is 9.72. The lowest BCUT2D eigenvalue weighted by Gasteiger charge is -2.48. The van der Waals surface area contributed by atoms with Crippen LogP contribution in [0.1, 0.15) is 25.7 Å². The van der Waals surface area contributed by atoms with E-state index < -0.39 is 5.82 Å². The fraction of sp³-hybridized carbons (Fsp3) is 0.346. The number of fused-ring (bicyclic) bond motifs is 1. The van der Waals surface area contributed by atoms with Crippen molar-refractivity contribution >= 4 is 45.6 Å². The van der Waals surface area contributed by atoms with Crippen molar-refractivity contribution in [2.45, 2.75) is 25.7 Å². The Morgan fingerprint density at radius 2 is 2.03 bits per heavy atom. The maximum atomic E-state index is 13.5. The zero-order chi connectivity index (χ0) is 24.4. The van der Waals surface area contributed by atoms with Crippen molar-refractivity contribution in [3.63, 3.8) is 0 Å². The molecule has 1 saturated carbocycles. The van der Waals surface area contributed by atoms with Crippen LogP contribution in [0.15, 0.2) is 48.8 Å². The molecule has 1 aliphatic heterocycles. The third kappa shape index (κ3) is 5.09. The number of amides is 1. The predicted molar refractivity (Wildman–Crippen MR) is 136 cm³/mol. The van der Waals surface area contributed by atoms with E-state index in [-0.39, 0.29) is 10.9 Å². The molecule has 35 heavy (non-hydrogen) atoms. The third-order valence-corrected chi connectivity index (χ3v) is 7.10. The van der Waals surface area contributed by atoms with Gasteiger partial charge in [-0.2, -0.15) is 0 Å². The first-order chi connectivity index (χ1) is 16.9. The van der Waals surface area contributed by atoms with Crippen molar-refractivity contribution in [1.82, 2.24) is 14.9 Å². The molecule has 5 rings (SSSR count). The number of anilines is 3. The van der Waals surface area contributed by atoms with Crippen LogP contribution in [0.4, 0.5) is 21.6 Å². The van der Waals surface area contributed by atoms with E-state index >= 15 is 0 Å². The lowest BCUT2D eigenvalue weighted by molar-refractivity contribution is -0.111. The fourth-order valence-electron chi connectivity index (χ4n) is 5.12. The molecular formula is C26H27ClFN5O2. The number of hydrogen-bond acceptors (Lipinski definition) is 6. The molecule has 2 fully saturated rings. The summed E-state index contributed by atoms with van der Waals surface area (Å²) in [6.45, 7) is 3.03. The number of likely N-dealkylation sites (tertiary alicyclic amines) is 1. The molecule has 2 aromatic carbocycles. The normalized spacial score (nSPS) is 17.1. The Labute approximate surface area is 208 Å². The molecule has 9 heteroatoms. The van der Waals surface area contributed by atoms with Gasteiger partial charge in [0.05, 0.1) is 23.3 Å². The maximum absolute atomic E-state index is 13.5. The summed E-state index contributed by atoms with van der Waals surface area (Å²) in [7, 11) is 1.54. The van der Waals surface area contributed by atoms with E-state index in [9.17, 15) is 9.18 Å². The fourth-order valence-corrected chi connectivity index (χ4v) is 5.30. The number of aromatic nitrogens is 2. The minimum absolute atomic E-state index is 0.00593. The van der Waals surface area contributed by atoms with E-state index in [4.69, 9.17) is 16.3 Å². The van der Waals surface area contributed by atoms with Crippen molar-refractivity contribution < 1.29 is 13.9 Å². The molecule has 0 radical (unpaired) electrons. The maximum Gasteiger partial charge on any atom is 0.248 e. The molecule has 2 N–H and O–H groups in total. The average Bonchev–Trinajstić information content (AvgIpc) is 3.31. The summed E-state index contributed by atoms with van der Waals surface area (Å²) in [6.07, 6.45) is 10.2. The Hall–Kier alpha value is -3.23. The van der Waals surface area contributed by atoms with Gasteiger partial charge in [0.25, 0.3) is 0 Å². The van der Waals surface area contributed by atoms with Crippen molar-refractivity contribution in [2.75, 3.05) is 37.4 Å². The molecule has 1 saturated heterocycles. The van der Waals surface area contributed by atoms with Crippen LogP contribution in [-0.2, 0) is 4.79 Å². The molecule has 0 atom stereocenters. The van der Waals surface area contributed by atoms with E-state index in [0.717, 1.165) is 19.6 Å². The Morgan fingerprint density at radius 1 is 1.23 bits per heavy atom. The summed E-state index contributed by atoms with van der Waals surface area (Å²) in [5.74, 6) is 0.236. The third-order valence-electron chi connectivity index (χ3n) is 6.81. The summed E-state index contributed by atoms with van der Waals surface area (Å²) < 4.78 is 19.0. The topological polar surface area (TPSA) is 79.4 Å². The van der Waals surface area contributed by atoms with Crippen LogP contribution in [0.3, 0.4) is 0 Å². The second-order valence-electron chi connectivity index (χ2n) is 9.31. The highest BCUT2D eigenvalue weighted by Crippen LogP contribution is 2.45. The van der Waals surface area contributed by atoms with Crippen LogP contribution >= 0.6 is 11.6 Å². The molecule has 7 nitrogen and oxygen atoms in total. The van der Waals surface area contributed by atoms with Gasteiger partial charge >= 0.3 is 0 Å². The number of nitrogens with one attached hydrogen (secondary N) is 2. The van der Waals surface area contributed by atoms with E-state index in [2.05, 4.69) is 25.5 Å². The number of ether oxygens (including phenoxy) is 1. The molecule has 182 valence electrons. The molecule has 0 unspecified atom stereocenters. The quantitative estimate of drug-likeness (QED) is 0.419. The largest absolute Gasteiger partial charge is 0.494 e. The van der Waals surface area contributed by atoms with Gasteiger partial charge < -0.3 is 15.4 Å². The molecule has 3 aromatic rings. The van der Waals surface area contributed by atoms with Crippen LogP contribution in [0.5, 0.6) is 5.75 Å². The van der Waals surface area contributed by atoms with Crippen molar-refractivity contribution in [2.24, 2.45) is 5.41 Å². The first-order valence-corrected chi connectivity index (χ1v) is 12.1. The number of carbonyl (C=O) groups is 1. The molecule has 1 spiro atoms. The molecule has 2 aliphatic rings. The number of hydrogen-bond donors (Lipinski definition) is 2. The van der Waals surface area contributed by atoms with Gasteiger partial charge in [-0.3, -0.25) is 9.69 Å². The van der Waals surface area contributed by atoms with Crippen LogP contribution in [0.2, 0.25) is 5.02 Å². The van der Waals surface area contributed by atoms with Gasteiger partial charge in [-0.1, -0.05) is 30.5 Å². The van der Waals surface area contributed by atoms with E-state index in [1.165, 1.54) is 51.3 Å². The summed E-state index contributed by atoms with van der Waals surface area (Å²) in [4.78, 5) is 23.6. The minimum Gasteiger partial charge on any atom is -0.494 e. The highest BCUT2D eigenvalue weighted by molar-refractivity contribution is 6.31. The number of benzene rings is 2. The first-order valence-electron chi connectivity index (χ1n) is 11.7. The number of carbonyl (C=O) groups excluding carboxylic acids is 1. The van der Waals surface area contributed by atoms with Gasteiger partial charge in [-0.15, -0.1) is 0 Å². The molecular weight excluding hydrogens is 469 g/mol. The number of methoxy groups -OCH3 is 1. The van der Waals surface area contributed by atoms with Crippen LogP contribution in [0.25, 0.3) is 10.9 Å². The minimum atomic E-state index is -0.500. The number of nitrogens with zero attached hydrogens (tertiary/aromatic N) is 3. The number of halogens is 2. The Kier molecular flexibility index (Phi) is 6.58. The van der Waals surface area contributed by atoms with Gasteiger partial charge in [-0.05, 0) is 42.5 Å². The van der Waals surface area contributed by atoms with Crippen molar-refractivity contribution in [3.05, 3.63) is 59.7 Å². The summed E-state index contributed by atoms with van der Waals surface area (Å²) in [6, 6.07) is 7.82. The van der Waals surface area contributed by atoms with Gasteiger partial charge in [0, 0.05) is 42.9 Å². The summed E-state index contributed by atoms with van der Waals surface area (Å²) in [5.41, 5.74) is 2.24. The van der Waals surface area contributed by atoms with E-state index in [1.807, 2.05) is 6.08 Å². The highest BCUT2D eigenvalue weighted by Gasteiger charge is 2.43. The smallest absolute Gasteiger partial charge is 0.248 e. The zero-order valence-electron chi connectivity index (χ0n) is 19.5. The first kappa shape index (κ1) is 23.5. The van der Waals surface area contributed by atoms with E-state index in [0.29, 0.717) is 39.3 Å². The number of rotatable bonds is 7. The molecule has 0 bridgehead atoms. The molecule has 1 aromatic heterocycles. The molecule has 1 amide bonds. The van der Waals surface area contributed by atoms with Crippen LogP contribution < -0.4 is 15.4 Å².